The van der Waals surface area contributed by atoms with Gasteiger partial charge in [0, 0.05) is 24.5 Å². The number of methoxy groups -OCH3 is 1. The first-order chi connectivity index (χ1) is 10.5. The number of alkyl halides is 3. The van der Waals surface area contributed by atoms with Crippen LogP contribution in [-0.4, -0.2) is 30.2 Å². The molecule has 0 radical (unpaired) electrons. The summed E-state index contributed by atoms with van der Waals surface area (Å²) in [4.78, 5) is 9.38. The number of nitrogens with zero attached hydrogens (tertiary/aromatic N) is 3. The van der Waals surface area contributed by atoms with E-state index in [4.69, 9.17) is 4.74 Å². The normalized spacial score (nSPS) is 16.1. The molecule has 0 spiro atoms. The van der Waals surface area contributed by atoms with Gasteiger partial charge in [-0.1, -0.05) is 0 Å². The summed E-state index contributed by atoms with van der Waals surface area (Å²) in [6, 6.07) is 4.95. The number of ether oxygens (including phenoxy) is 1. The van der Waals surface area contributed by atoms with Gasteiger partial charge in [0.2, 0.25) is 5.82 Å². The Morgan fingerprint density at radius 2 is 1.82 bits per heavy atom. The maximum Gasteiger partial charge on any atom is 0.451 e. The van der Waals surface area contributed by atoms with E-state index in [0.717, 1.165) is 32.4 Å². The Morgan fingerprint density at radius 1 is 1.09 bits per heavy atom. The lowest BCUT2D eigenvalue weighted by molar-refractivity contribution is -0.144. The van der Waals surface area contributed by atoms with Crippen LogP contribution >= 0.6 is 0 Å². The van der Waals surface area contributed by atoms with Gasteiger partial charge in [-0.3, -0.25) is 0 Å². The third kappa shape index (κ3) is 2.80. The van der Waals surface area contributed by atoms with Gasteiger partial charge in [-0.2, -0.15) is 13.2 Å². The molecule has 0 amide bonds. The summed E-state index contributed by atoms with van der Waals surface area (Å²) in [5.74, 6) is -0.266. The lowest BCUT2D eigenvalue weighted by atomic mass is 10.1. The average Bonchev–Trinajstić information content (AvgIpc) is 2.53. The fourth-order valence-electron chi connectivity index (χ4n) is 2.69. The van der Waals surface area contributed by atoms with Crippen LogP contribution in [-0.2, 0) is 6.18 Å². The molecule has 2 heterocycles. The van der Waals surface area contributed by atoms with Crippen molar-refractivity contribution in [1.82, 2.24) is 9.97 Å². The second-order valence-corrected chi connectivity index (χ2v) is 5.30. The molecular formula is C15H16F3N3O. The molecule has 22 heavy (non-hydrogen) atoms. The van der Waals surface area contributed by atoms with Crippen molar-refractivity contribution in [3.8, 4) is 5.75 Å². The van der Waals surface area contributed by atoms with E-state index < -0.39 is 12.0 Å². The van der Waals surface area contributed by atoms with Gasteiger partial charge in [-0.25, -0.2) is 9.97 Å². The SMILES string of the molecule is COc1ccc2c(N3CCCCC3)nc(C(F)(F)F)nc2c1. The van der Waals surface area contributed by atoms with Crippen LogP contribution in [0.15, 0.2) is 18.2 Å². The second-order valence-electron chi connectivity index (χ2n) is 5.30. The van der Waals surface area contributed by atoms with Crippen molar-refractivity contribution in [2.45, 2.75) is 25.4 Å². The predicted octanol–water partition coefficient (Wildman–Crippen LogP) is 3.65. The zero-order chi connectivity index (χ0) is 15.7. The fourth-order valence-corrected chi connectivity index (χ4v) is 2.69. The van der Waals surface area contributed by atoms with Crippen LogP contribution in [0.1, 0.15) is 25.1 Å². The lowest BCUT2D eigenvalue weighted by Gasteiger charge is -2.29. The quantitative estimate of drug-likeness (QED) is 0.848. The summed E-state index contributed by atoms with van der Waals surface area (Å²) in [6.45, 7) is 1.44. The molecule has 0 saturated carbocycles. The van der Waals surface area contributed by atoms with Gasteiger partial charge in [0.15, 0.2) is 0 Å². The summed E-state index contributed by atoms with van der Waals surface area (Å²) < 4.78 is 44.3. The Bertz CT molecular complexity index is 682. The number of anilines is 1. The number of benzene rings is 1. The Morgan fingerprint density at radius 3 is 2.45 bits per heavy atom. The molecule has 0 unspecified atom stereocenters. The van der Waals surface area contributed by atoms with E-state index in [2.05, 4.69) is 9.97 Å². The van der Waals surface area contributed by atoms with Crippen molar-refractivity contribution in [2.75, 3.05) is 25.1 Å². The van der Waals surface area contributed by atoms with Crippen molar-refractivity contribution in [2.24, 2.45) is 0 Å². The van der Waals surface area contributed by atoms with E-state index in [1.807, 2.05) is 4.90 Å². The van der Waals surface area contributed by atoms with Gasteiger partial charge in [0.1, 0.15) is 11.6 Å². The number of piperidine rings is 1. The third-order valence-corrected chi connectivity index (χ3v) is 3.79. The van der Waals surface area contributed by atoms with E-state index >= 15 is 0 Å². The number of rotatable bonds is 2. The number of hydrogen-bond donors (Lipinski definition) is 0. The first-order valence-electron chi connectivity index (χ1n) is 7.17. The molecule has 0 N–H and O–H groups in total. The molecule has 1 aliphatic heterocycles. The molecule has 0 bridgehead atoms. The van der Waals surface area contributed by atoms with Crippen molar-refractivity contribution >= 4 is 16.7 Å². The molecule has 4 nitrogen and oxygen atoms in total. The summed E-state index contributed by atoms with van der Waals surface area (Å²) in [5, 5.41) is 0.621. The molecule has 7 heteroatoms. The van der Waals surface area contributed by atoms with Crippen LogP contribution in [0, 0.1) is 0 Å². The highest BCUT2D eigenvalue weighted by Crippen LogP contribution is 2.33. The van der Waals surface area contributed by atoms with E-state index in [1.165, 1.54) is 13.2 Å². The minimum atomic E-state index is -4.57. The third-order valence-electron chi connectivity index (χ3n) is 3.79. The molecular weight excluding hydrogens is 295 g/mol. The average molecular weight is 311 g/mol. The molecule has 0 atom stereocenters. The molecule has 1 aliphatic rings. The monoisotopic (exact) mass is 311 g/mol. The lowest BCUT2D eigenvalue weighted by Crippen LogP contribution is -2.31. The van der Waals surface area contributed by atoms with Gasteiger partial charge in [-0.05, 0) is 31.4 Å². The standard InChI is InChI=1S/C15H16F3N3O/c1-22-10-5-6-11-12(9-10)19-14(15(16,17)18)20-13(11)21-7-3-2-4-8-21/h5-6,9H,2-4,7-8H2,1H3. The van der Waals surface area contributed by atoms with Crippen LogP contribution < -0.4 is 9.64 Å². The first-order valence-corrected chi connectivity index (χ1v) is 7.17. The molecule has 1 aromatic heterocycles. The van der Waals surface area contributed by atoms with Crippen molar-refractivity contribution in [3.63, 3.8) is 0 Å². The molecule has 1 aromatic carbocycles. The zero-order valence-corrected chi connectivity index (χ0v) is 12.2. The maximum atomic E-state index is 13.1. The van der Waals surface area contributed by atoms with Gasteiger partial charge in [0.25, 0.3) is 0 Å². The number of fused-ring (bicyclic) bond motifs is 1. The summed E-state index contributed by atoms with van der Waals surface area (Å²) in [5.41, 5.74) is 0.252. The van der Waals surface area contributed by atoms with E-state index in [-0.39, 0.29) is 5.52 Å². The molecule has 2 aromatic rings. The second kappa shape index (κ2) is 5.62. The Kier molecular flexibility index (Phi) is 3.80. The highest BCUT2D eigenvalue weighted by molar-refractivity contribution is 5.90. The minimum Gasteiger partial charge on any atom is -0.497 e. The summed E-state index contributed by atoms with van der Waals surface area (Å²) in [7, 11) is 1.47. The van der Waals surface area contributed by atoms with Crippen LogP contribution in [0.3, 0.4) is 0 Å². The fraction of sp³-hybridized carbons (Fsp3) is 0.467. The first kappa shape index (κ1) is 14.9. The largest absolute Gasteiger partial charge is 0.497 e. The van der Waals surface area contributed by atoms with E-state index in [9.17, 15) is 13.2 Å². The Labute approximate surface area is 125 Å². The zero-order valence-electron chi connectivity index (χ0n) is 12.2. The van der Waals surface area contributed by atoms with Gasteiger partial charge >= 0.3 is 6.18 Å². The van der Waals surface area contributed by atoms with Crippen LogP contribution in [0.4, 0.5) is 19.0 Å². The molecule has 118 valence electrons. The molecule has 0 aliphatic carbocycles. The van der Waals surface area contributed by atoms with Crippen molar-refractivity contribution in [3.05, 3.63) is 24.0 Å². The number of aromatic nitrogens is 2. The highest BCUT2D eigenvalue weighted by Gasteiger charge is 2.36. The summed E-state index contributed by atoms with van der Waals surface area (Å²) >= 11 is 0. The van der Waals surface area contributed by atoms with Crippen molar-refractivity contribution < 1.29 is 17.9 Å². The Balaban J connectivity index is 2.18. The van der Waals surface area contributed by atoms with Gasteiger partial charge in [0.05, 0.1) is 12.6 Å². The number of halogens is 3. The smallest absolute Gasteiger partial charge is 0.451 e. The van der Waals surface area contributed by atoms with Gasteiger partial charge in [-0.15, -0.1) is 0 Å². The maximum absolute atomic E-state index is 13.1. The molecule has 3 rings (SSSR count). The van der Waals surface area contributed by atoms with Crippen molar-refractivity contribution in [1.29, 1.82) is 0 Å². The topological polar surface area (TPSA) is 38.2 Å². The molecule has 1 fully saturated rings. The van der Waals surface area contributed by atoms with E-state index in [1.54, 1.807) is 12.1 Å². The number of hydrogen-bond acceptors (Lipinski definition) is 4. The van der Waals surface area contributed by atoms with Gasteiger partial charge < -0.3 is 9.64 Å². The van der Waals surface area contributed by atoms with Crippen LogP contribution in [0.25, 0.3) is 10.9 Å². The Hall–Kier alpha value is -2.05. The summed E-state index contributed by atoms with van der Waals surface area (Å²) in [6.07, 6.45) is -1.55. The highest BCUT2D eigenvalue weighted by atomic mass is 19.4. The minimum absolute atomic E-state index is 0.252. The molecule has 1 saturated heterocycles. The van der Waals surface area contributed by atoms with E-state index in [0.29, 0.717) is 17.0 Å². The van der Waals surface area contributed by atoms with Crippen LogP contribution in [0.2, 0.25) is 0 Å². The van der Waals surface area contributed by atoms with Crippen LogP contribution in [0.5, 0.6) is 5.75 Å². The predicted molar refractivity (Wildman–Crippen MR) is 77.2 cm³/mol.